The van der Waals surface area contributed by atoms with Gasteiger partial charge in [-0.1, -0.05) is 5.92 Å². The van der Waals surface area contributed by atoms with E-state index >= 15 is 0 Å². The van der Waals surface area contributed by atoms with Crippen LogP contribution >= 0.6 is 0 Å². The largest absolute Gasteiger partial charge is 0.383 e. The maximum atomic E-state index is 11.4. The number of methoxy groups -OCH3 is 2. The van der Waals surface area contributed by atoms with Gasteiger partial charge in [0.2, 0.25) is 5.91 Å². The molecule has 0 aromatic carbocycles. The number of hydrogen-bond acceptors (Lipinski definition) is 4. The Balaban J connectivity index is 3.88. The summed E-state index contributed by atoms with van der Waals surface area (Å²) in [5.74, 6) is 2.28. The fraction of sp³-hybridized carbons (Fsp3) is 0.727. The van der Waals surface area contributed by atoms with Crippen molar-refractivity contribution in [2.45, 2.75) is 0 Å². The molecule has 0 fully saturated rings. The Morgan fingerprint density at radius 1 is 1.31 bits per heavy atom. The molecule has 16 heavy (non-hydrogen) atoms. The van der Waals surface area contributed by atoms with Gasteiger partial charge in [-0.15, -0.1) is 6.42 Å². The number of terminal acetylenes is 1. The van der Waals surface area contributed by atoms with Crippen LogP contribution in [0, 0.1) is 12.3 Å². The van der Waals surface area contributed by atoms with E-state index in [0.29, 0.717) is 32.8 Å². The van der Waals surface area contributed by atoms with E-state index in [2.05, 4.69) is 11.2 Å². The molecule has 0 aliphatic rings. The maximum Gasteiger partial charge on any atom is 0.234 e. The van der Waals surface area contributed by atoms with Crippen molar-refractivity contribution in [3.8, 4) is 12.3 Å². The van der Waals surface area contributed by atoms with Crippen LogP contribution in [-0.2, 0) is 14.3 Å². The third kappa shape index (κ3) is 8.24. The van der Waals surface area contributed by atoms with Gasteiger partial charge in [0.05, 0.1) is 26.3 Å². The van der Waals surface area contributed by atoms with Crippen LogP contribution in [0.15, 0.2) is 0 Å². The number of carbonyl (C=O) groups is 1. The zero-order valence-corrected chi connectivity index (χ0v) is 9.99. The SMILES string of the molecule is C#CCNC(=O)CN(CCOC)CCOC. The Morgan fingerprint density at radius 3 is 2.31 bits per heavy atom. The number of nitrogens with one attached hydrogen (secondary N) is 1. The minimum atomic E-state index is -0.0786. The number of rotatable bonds is 9. The summed E-state index contributed by atoms with van der Waals surface area (Å²) >= 11 is 0. The molecule has 0 spiro atoms. The van der Waals surface area contributed by atoms with Gasteiger partial charge < -0.3 is 14.8 Å². The van der Waals surface area contributed by atoms with E-state index in [4.69, 9.17) is 15.9 Å². The molecule has 0 saturated heterocycles. The van der Waals surface area contributed by atoms with Gasteiger partial charge >= 0.3 is 0 Å². The third-order valence-electron chi connectivity index (χ3n) is 1.98. The van der Waals surface area contributed by atoms with E-state index < -0.39 is 0 Å². The fourth-order valence-electron chi connectivity index (χ4n) is 1.12. The lowest BCUT2D eigenvalue weighted by atomic mass is 10.4. The molecule has 0 radical (unpaired) electrons. The molecule has 0 aromatic heterocycles. The van der Waals surface area contributed by atoms with Crippen LogP contribution in [0.5, 0.6) is 0 Å². The van der Waals surface area contributed by atoms with Gasteiger partial charge in [0.25, 0.3) is 0 Å². The molecular formula is C11H20N2O3. The monoisotopic (exact) mass is 228 g/mol. The number of ether oxygens (including phenoxy) is 2. The number of carbonyl (C=O) groups excluding carboxylic acids is 1. The van der Waals surface area contributed by atoms with Crippen molar-refractivity contribution in [3.05, 3.63) is 0 Å². The third-order valence-corrected chi connectivity index (χ3v) is 1.98. The first-order chi connectivity index (χ1) is 7.74. The second-order valence-corrected chi connectivity index (χ2v) is 3.24. The summed E-state index contributed by atoms with van der Waals surface area (Å²) in [6.45, 7) is 3.15. The zero-order chi connectivity index (χ0) is 12.2. The summed E-state index contributed by atoms with van der Waals surface area (Å²) in [5.41, 5.74) is 0. The van der Waals surface area contributed by atoms with Crippen LogP contribution in [0.4, 0.5) is 0 Å². The Morgan fingerprint density at radius 2 is 1.88 bits per heavy atom. The van der Waals surface area contributed by atoms with Crippen molar-refractivity contribution in [1.29, 1.82) is 0 Å². The first-order valence-electron chi connectivity index (χ1n) is 5.15. The summed E-state index contributed by atoms with van der Waals surface area (Å²) in [6, 6.07) is 0. The average Bonchev–Trinajstić information content (AvgIpc) is 2.30. The van der Waals surface area contributed by atoms with Crippen molar-refractivity contribution in [2.24, 2.45) is 0 Å². The quantitative estimate of drug-likeness (QED) is 0.532. The molecule has 5 heteroatoms. The van der Waals surface area contributed by atoms with Crippen molar-refractivity contribution >= 4 is 5.91 Å². The minimum absolute atomic E-state index is 0.0786. The second-order valence-electron chi connectivity index (χ2n) is 3.24. The Labute approximate surface area is 97.1 Å². The lowest BCUT2D eigenvalue weighted by Gasteiger charge is -2.20. The van der Waals surface area contributed by atoms with Crippen LogP contribution in [-0.4, -0.2) is 64.4 Å². The lowest BCUT2D eigenvalue weighted by molar-refractivity contribution is -0.122. The Kier molecular flexibility index (Phi) is 9.72. The highest BCUT2D eigenvalue weighted by atomic mass is 16.5. The first kappa shape index (κ1) is 14.9. The first-order valence-corrected chi connectivity index (χ1v) is 5.15. The van der Waals surface area contributed by atoms with E-state index in [1.807, 2.05) is 4.90 Å². The van der Waals surface area contributed by atoms with Gasteiger partial charge in [-0.05, 0) is 0 Å². The number of nitrogens with zero attached hydrogens (tertiary/aromatic N) is 1. The molecule has 0 aliphatic heterocycles. The van der Waals surface area contributed by atoms with E-state index in [0.717, 1.165) is 0 Å². The molecule has 0 heterocycles. The van der Waals surface area contributed by atoms with Gasteiger partial charge in [-0.2, -0.15) is 0 Å². The standard InChI is InChI=1S/C11H20N2O3/c1-4-5-12-11(14)10-13(6-8-15-2)7-9-16-3/h1H,5-10H2,2-3H3,(H,12,14). The second kappa shape index (κ2) is 10.4. The highest BCUT2D eigenvalue weighted by Crippen LogP contribution is 1.89. The average molecular weight is 228 g/mol. The molecular weight excluding hydrogens is 208 g/mol. The summed E-state index contributed by atoms with van der Waals surface area (Å²) < 4.78 is 9.94. The number of hydrogen-bond donors (Lipinski definition) is 1. The smallest absolute Gasteiger partial charge is 0.234 e. The van der Waals surface area contributed by atoms with Crippen LogP contribution < -0.4 is 5.32 Å². The van der Waals surface area contributed by atoms with Crippen molar-refractivity contribution in [1.82, 2.24) is 10.2 Å². The Bertz CT molecular complexity index is 218. The van der Waals surface area contributed by atoms with Gasteiger partial charge in [-0.25, -0.2) is 0 Å². The highest BCUT2D eigenvalue weighted by molar-refractivity contribution is 5.78. The molecule has 0 bridgehead atoms. The molecule has 0 rings (SSSR count). The molecule has 1 amide bonds. The molecule has 0 saturated carbocycles. The predicted molar refractivity (Wildman–Crippen MR) is 62.0 cm³/mol. The Hall–Kier alpha value is -1.09. The van der Waals surface area contributed by atoms with Crippen LogP contribution in [0.1, 0.15) is 0 Å². The summed E-state index contributed by atoms with van der Waals surface area (Å²) in [4.78, 5) is 13.4. The summed E-state index contributed by atoms with van der Waals surface area (Å²) in [6.07, 6.45) is 5.05. The maximum absolute atomic E-state index is 11.4. The van der Waals surface area contributed by atoms with Crippen LogP contribution in [0.25, 0.3) is 0 Å². The molecule has 0 atom stereocenters. The van der Waals surface area contributed by atoms with Crippen molar-refractivity contribution in [2.75, 3.05) is 53.6 Å². The van der Waals surface area contributed by atoms with Gasteiger partial charge in [0.1, 0.15) is 0 Å². The molecule has 92 valence electrons. The van der Waals surface area contributed by atoms with Crippen molar-refractivity contribution in [3.63, 3.8) is 0 Å². The summed E-state index contributed by atoms with van der Waals surface area (Å²) in [7, 11) is 3.26. The van der Waals surface area contributed by atoms with Crippen molar-refractivity contribution < 1.29 is 14.3 Å². The highest BCUT2D eigenvalue weighted by Gasteiger charge is 2.09. The molecule has 5 nitrogen and oxygen atoms in total. The fourth-order valence-corrected chi connectivity index (χ4v) is 1.12. The van der Waals surface area contributed by atoms with Crippen LogP contribution in [0.2, 0.25) is 0 Å². The number of amides is 1. The van der Waals surface area contributed by atoms with Gasteiger partial charge in [0, 0.05) is 27.3 Å². The van der Waals surface area contributed by atoms with Gasteiger partial charge in [-0.3, -0.25) is 9.69 Å². The molecule has 1 N–H and O–H groups in total. The van der Waals surface area contributed by atoms with E-state index in [9.17, 15) is 4.79 Å². The predicted octanol–water partition coefficient (Wildman–Crippen LogP) is -0.669. The summed E-state index contributed by atoms with van der Waals surface area (Å²) in [5, 5.41) is 2.62. The molecule has 0 aromatic rings. The van der Waals surface area contributed by atoms with E-state index in [1.54, 1.807) is 14.2 Å². The lowest BCUT2D eigenvalue weighted by Crippen LogP contribution is -2.40. The van der Waals surface area contributed by atoms with Gasteiger partial charge in [0.15, 0.2) is 0 Å². The minimum Gasteiger partial charge on any atom is -0.383 e. The molecule has 0 aliphatic carbocycles. The molecule has 0 unspecified atom stereocenters. The van der Waals surface area contributed by atoms with E-state index in [-0.39, 0.29) is 12.5 Å². The normalized spacial score (nSPS) is 10.1. The topological polar surface area (TPSA) is 50.8 Å². The zero-order valence-electron chi connectivity index (χ0n) is 9.99. The van der Waals surface area contributed by atoms with Crippen LogP contribution in [0.3, 0.4) is 0 Å². The van der Waals surface area contributed by atoms with E-state index in [1.165, 1.54) is 0 Å².